The van der Waals surface area contributed by atoms with Crippen LogP contribution >= 0.6 is 0 Å². The number of cyclic esters (lactones) is 1. The van der Waals surface area contributed by atoms with Gasteiger partial charge in [-0.15, -0.1) is 0 Å². The maximum absolute atomic E-state index is 14.6. The molecule has 5 rings (SSSR count). The van der Waals surface area contributed by atoms with E-state index >= 15 is 0 Å². The van der Waals surface area contributed by atoms with Gasteiger partial charge in [-0.25, -0.2) is 9.59 Å². The number of ketones is 3. The molecule has 4 heterocycles. The Balaban J connectivity index is 1.43. The third kappa shape index (κ3) is 16.0. The number of fused-ring (bicyclic) bond motifs is 3. The standard InChI is InChI=1S/C57H88N2O15/c1-34-16-12-11-13-17-35(2)47(69-8)32-43-21-19-40(7)57(68,74-43)53(64)54(65)59-25-15-14-18-44(59)55(66)72-48(33-45(61)36(3)29-39(6)51(63)52(71-10)50(62)38(5)28-34)37(4)30-41-20-22-46(49(31-41)70-9)73-56(67)58-26-23-42(60)24-27-58/h11-13,16-17,29,34,36-38,40-44,46-49,51-52,60,63,68H,14-15,18-28,30-33H2,1-10H3/b13-11?,16-12+,35-17?,39-29+/t34-,36-,37-,38-,40-,41+,43+,44+,46-,47+,48+,49-,51-,52+,57-/m1/s1. The van der Waals surface area contributed by atoms with Gasteiger partial charge in [0.1, 0.15) is 36.2 Å². The number of aliphatic hydroxyl groups is 3. The monoisotopic (exact) mass is 1040 g/mol. The van der Waals surface area contributed by atoms with Crippen molar-refractivity contribution in [3.63, 3.8) is 0 Å². The highest BCUT2D eigenvalue weighted by molar-refractivity contribution is 6.39. The number of methoxy groups -OCH3 is 3. The van der Waals surface area contributed by atoms with Gasteiger partial charge in [-0.05, 0) is 120 Å². The molecule has 0 aromatic heterocycles. The molecule has 74 heavy (non-hydrogen) atoms. The third-order valence-corrected chi connectivity index (χ3v) is 16.4. The van der Waals surface area contributed by atoms with Crippen molar-refractivity contribution in [1.29, 1.82) is 0 Å². The first-order chi connectivity index (χ1) is 35.1. The van der Waals surface area contributed by atoms with Crippen LogP contribution in [0.1, 0.15) is 138 Å². The molecule has 0 aromatic rings. The van der Waals surface area contributed by atoms with Crippen LogP contribution < -0.4 is 0 Å². The van der Waals surface area contributed by atoms with E-state index in [0.29, 0.717) is 95.7 Å². The number of amides is 2. The van der Waals surface area contributed by atoms with Crippen molar-refractivity contribution in [1.82, 2.24) is 9.80 Å². The number of piperidine rings is 2. The molecule has 15 atom stereocenters. The summed E-state index contributed by atoms with van der Waals surface area (Å²) in [6.45, 7) is 13.5. The molecule has 3 saturated heterocycles. The zero-order valence-corrected chi connectivity index (χ0v) is 45.8. The van der Waals surface area contributed by atoms with Crippen molar-refractivity contribution in [2.75, 3.05) is 41.0 Å². The molecule has 1 aliphatic carbocycles. The number of carbonyl (C=O) groups is 6. The highest BCUT2D eigenvalue weighted by atomic mass is 16.6. The third-order valence-electron chi connectivity index (χ3n) is 16.4. The Labute approximate surface area is 439 Å². The number of allylic oxidation sites excluding steroid dienone is 6. The van der Waals surface area contributed by atoms with E-state index in [2.05, 4.69) is 0 Å². The number of Topliss-reactive ketones (excluding diaryl/α,β-unsaturated/α-hetero) is 3. The summed E-state index contributed by atoms with van der Waals surface area (Å²) in [5, 5.41) is 33.5. The molecule has 4 aliphatic heterocycles. The maximum Gasteiger partial charge on any atom is 0.410 e. The Bertz CT molecular complexity index is 2040. The average molecular weight is 1040 g/mol. The minimum Gasteiger partial charge on any atom is -0.460 e. The number of hydrogen-bond acceptors (Lipinski definition) is 15. The second-order valence-corrected chi connectivity index (χ2v) is 22.2. The SMILES string of the molecule is CO[C@H]1C[C@@H]2CC[C@@H](C)[C@@](O)(O2)C(=O)C(=O)N2CCCC[C@H]2C(=O)O[C@H]([C@H](C)C[C@@H]2CC[C@@H](OC(=O)N3CCC(O)CC3)[C@H](OC)C2)CC(=O)[C@H](C)/C=C(\C)[C@@H](O)[C@@H](OC)C(=O)[C@H](C)C[C@H](C)/C=C/C=CC=C1C. The normalized spacial score (nSPS) is 37.3. The van der Waals surface area contributed by atoms with Gasteiger partial charge in [0.2, 0.25) is 5.79 Å². The number of aliphatic hydroxyl groups excluding tert-OH is 2. The molecule has 0 aromatic carbocycles. The number of likely N-dealkylation sites (tertiary alicyclic amines) is 1. The summed E-state index contributed by atoms with van der Waals surface area (Å²) < 4.78 is 35.8. The fourth-order valence-corrected chi connectivity index (χ4v) is 11.5. The Morgan fingerprint density at radius 2 is 1.53 bits per heavy atom. The fraction of sp³-hybridized carbons (Fsp3) is 0.754. The molecule has 0 radical (unpaired) electrons. The van der Waals surface area contributed by atoms with E-state index in [9.17, 15) is 44.1 Å². The van der Waals surface area contributed by atoms with E-state index in [-0.39, 0.29) is 42.8 Å². The second-order valence-electron chi connectivity index (χ2n) is 22.2. The van der Waals surface area contributed by atoms with Crippen molar-refractivity contribution in [3.8, 4) is 0 Å². The molecule has 17 nitrogen and oxygen atoms in total. The first-order valence-electron chi connectivity index (χ1n) is 27.2. The van der Waals surface area contributed by atoms with Gasteiger partial charge in [0.25, 0.3) is 11.7 Å². The lowest BCUT2D eigenvalue weighted by Gasteiger charge is -2.42. The summed E-state index contributed by atoms with van der Waals surface area (Å²) in [6, 6.07) is -1.18. The lowest BCUT2D eigenvalue weighted by Crippen LogP contribution is -2.61. The van der Waals surface area contributed by atoms with E-state index in [1.807, 2.05) is 58.1 Å². The number of esters is 1. The van der Waals surface area contributed by atoms with E-state index in [0.717, 1.165) is 5.57 Å². The molecule has 5 aliphatic rings. The smallest absolute Gasteiger partial charge is 0.410 e. The van der Waals surface area contributed by atoms with Gasteiger partial charge in [-0.1, -0.05) is 71.1 Å². The van der Waals surface area contributed by atoms with Crippen LogP contribution in [0.15, 0.2) is 47.6 Å². The predicted molar refractivity (Wildman–Crippen MR) is 276 cm³/mol. The summed E-state index contributed by atoms with van der Waals surface area (Å²) in [5.74, 6) is -8.34. The van der Waals surface area contributed by atoms with Crippen LogP contribution in [0.2, 0.25) is 0 Å². The zero-order chi connectivity index (χ0) is 54.4. The van der Waals surface area contributed by atoms with Crippen molar-refractivity contribution in [2.24, 2.45) is 35.5 Å². The van der Waals surface area contributed by atoms with Gasteiger partial charge >= 0.3 is 12.1 Å². The second kappa shape index (κ2) is 28.3. The molecule has 17 heteroatoms. The first-order valence-corrected chi connectivity index (χ1v) is 27.2. The molecule has 0 spiro atoms. The molecular formula is C57H88N2O15. The summed E-state index contributed by atoms with van der Waals surface area (Å²) in [7, 11) is 4.52. The number of ether oxygens (including phenoxy) is 6. The quantitative estimate of drug-likeness (QED) is 0.136. The van der Waals surface area contributed by atoms with Crippen LogP contribution in [0.4, 0.5) is 4.79 Å². The van der Waals surface area contributed by atoms with E-state index in [1.165, 1.54) is 12.0 Å². The van der Waals surface area contributed by atoms with Gasteiger partial charge in [0.05, 0.1) is 24.4 Å². The Morgan fingerprint density at radius 3 is 2.20 bits per heavy atom. The van der Waals surface area contributed by atoms with E-state index < -0.39 is 108 Å². The molecule has 0 unspecified atom stereocenters. The highest BCUT2D eigenvalue weighted by Crippen LogP contribution is 2.38. The van der Waals surface area contributed by atoms with Crippen LogP contribution in [0.3, 0.4) is 0 Å². The van der Waals surface area contributed by atoms with Crippen molar-refractivity contribution < 1.29 is 72.5 Å². The summed E-state index contributed by atoms with van der Waals surface area (Å²) in [5.41, 5.74) is 1.24. The predicted octanol–water partition coefficient (Wildman–Crippen LogP) is 6.78. The summed E-state index contributed by atoms with van der Waals surface area (Å²) >= 11 is 0. The molecule has 416 valence electrons. The Hall–Kier alpha value is -4.10. The molecule has 2 amide bonds. The lowest BCUT2D eigenvalue weighted by atomic mass is 9.78. The zero-order valence-electron chi connectivity index (χ0n) is 45.8. The van der Waals surface area contributed by atoms with Gasteiger partial charge in [0.15, 0.2) is 5.78 Å². The highest BCUT2D eigenvalue weighted by Gasteiger charge is 2.53. The minimum absolute atomic E-state index is 0.00226. The summed E-state index contributed by atoms with van der Waals surface area (Å²) in [6.07, 6.45) is 10.8. The molecular weight excluding hydrogens is 953 g/mol. The largest absolute Gasteiger partial charge is 0.460 e. The van der Waals surface area contributed by atoms with Gasteiger partial charge in [-0.3, -0.25) is 19.2 Å². The molecule has 3 N–H and O–H groups in total. The Kier molecular flexibility index (Phi) is 23.3. The summed E-state index contributed by atoms with van der Waals surface area (Å²) in [4.78, 5) is 87.3. The minimum atomic E-state index is -2.45. The topological polar surface area (TPSA) is 225 Å². The van der Waals surface area contributed by atoms with Crippen molar-refractivity contribution in [3.05, 3.63) is 47.6 Å². The number of nitrogens with zero attached hydrogens (tertiary/aromatic N) is 2. The Morgan fingerprint density at radius 1 is 0.811 bits per heavy atom. The van der Waals surface area contributed by atoms with Crippen LogP contribution in [0, 0.1) is 35.5 Å². The average Bonchev–Trinajstić information content (AvgIpc) is 3.38. The van der Waals surface area contributed by atoms with E-state index in [1.54, 1.807) is 46.0 Å². The maximum atomic E-state index is 14.6. The van der Waals surface area contributed by atoms with Crippen LogP contribution in [0.25, 0.3) is 0 Å². The van der Waals surface area contributed by atoms with Gasteiger partial charge < -0.3 is 53.5 Å². The first kappa shape index (κ1) is 60.8. The number of hydrogen-bond donors (Lipinski definition) is 3. The van der Waals surface area contributed by atoms with Gasteiger partial charge in [0, 0.05) is 71.6 Å². The van der Waals surface area contributed by atoms with Crippen molar-refractivity contribution in [2.45, 2.75) is 199 Å². The van der Waals surface area contributed by atoms with Crippen molar-refractivity contribution >= 4 is 35.3 Å². The van der Waals surface area contributed by atoms with Crippen LogP contribution in [-0.4, -0.2) is 162 Å². The molecule has 2 bridgehead atoms. The molecule has 1 saturated carbocycles. The van der Waals surface area contributed by atoms with Crippen LogP contribution in [-0.2, 0) is 52.4 Å². The van der Waals surface area contributed by atoms with E-state index in [4.69, 9.17) is 28.4 Å². The number of rotatable bonds is 7. The fourth-order valence-electron chi connectivity index (χ4n) is 11.5. The molecule has 4 fully saturated rings. The van der Waals surface area contributed by atoms with Gasteiger partial charge in [-0.2, -0.15) is 0 Å². The lowest BCUT2D eigenvalue weighted by molar-refractivity contribution is -0.265. The number of carbonyl (C=O) groups excluding carboxylic acids is 6. The van der Waals surface area contributed by atoms with Crippen LogP contribution in [0.5, 0.6) is 0 Å².